The zero-order valence-electron chi connectivity index (χ0n) is 16.8. The van der Waals surface area contributed by atoms with Crippen molar-refractivity contribution in [1.82, 2.24) is 5.32 Å². The molecule has 2 aromatic rings. The van der Waals surface area contributed by atoms with Crippen molar-refractivity contribution < 1.29 is 23.9 Å². The number of quaternary nitrogens is 1. The Bertz CT molecular complexity index is 850. The van der Waals surface area contributed by atoms with Crippen molar-refractivity contribution in [3.8, 4) is 17.2 Å². The molecule has 0 saturated carbocycles. The van der Waals surface area contributed by atoms with Crippen LogP contribution >= 0.6 is 0 Å². The van der Waals surface area contributed by atoms with Crippen molar-refractivity contribution in [2.75, 3.05) is 51.0 Å². The van der Waals surface area contributed by atoms with Crippen LogP contribution in [-0.4, -0.2) is 52.0 Å². The number of hydrogen-bond donors (Lipinski definition) is 2. The largest absolute Gasteiger partial charge is 0.492 e. The molecule has 1 saturated heterocycles. The summed E-state index contributed by atoms with van der Waals surface area (Å²) < 4.78 is 16.5. The van der Waals surface area contributed by atoms with E-state index in [1.54, 1.807) is 0 Å². The number of anilines is 1. The first-order valence-corrected chi connectivity index (χ1v) is 10.2. The minimum atomic E-state index is 0.0702. The standard InChI is InChI=1S/C22H27N3O4/c1-2-27-19-6-4-3-5-18(19)25-11-9-24(10-12-25)15-22(26)23-14-17-7-8-20-21(13-17)29-16-28-20/h3-8,13H,2,9-12,14-16H2,1H3,(H,23,26)/p+1. The first-order valence-electron chi connectivity index (χ1n) is 10.2. The van der Waals surface area contributed by atoms with E-state index in [1.165, 1.54) is 4.90 Å². The molecule has 0 bridgehead atoms. The van der Waals surface area contributed by atoms with Gasteiger partial charge in [-0.05, 0) is 36.8 Å². The predicted octanol–water partition coefficient (Wildman–Crippen LogP) is 0.835. The number of ether oxygens (including phenoxy) is 3. The van der Waals surface area contributed by atoms with Crippen molar-refractivity contribution >= 4 is 11.6 Å². The summed E-state index contributed by atoms with van der Waals surface area (Å²) in [6.07, 6.45) is 0. The fourth-order valence-corrected chi connectivity index (χ4v) is 3.78. The maximum Gasteiger partial charge on any atom is 0.275 e. The summed E-state index contributed by atoms with van der Waals surface area (Å²) in [4.78, 5) is 16.0. The fraction of sp³-hybridized carbons (Fsp3) is 0.409. The lowest BCUT2D eigenvalue weighted by atomic mass is 10.2. The lowest BCUT2D eigenvalue weighted by Gasteiger charge is -2.34. The van der Waals surface area contributed by atoms with Gasteiger partial charge < -0.3 is 29.3 Å². The van der Waals surface area contributed by atoms with Crippen LogP contribution < -0.4 is 29.3 Å². The summed E-state index contributed by atoms with van der Waals surface area (Å²) in [7, 11) is 0. The Morgan fingerprint density at radius 2 is 1.93 bits per heavy atom. The number of piperazine rings is 1. The quantitative estimate of drug-likeness (QED) is 0.724. The molecular weight excluding hydrogens is 370 g/mol. The second-order valence-electron chi connectivity index (χ2n) is 7.28. The van der Waals surface area contributed by atoms with Crippen molar-refractivity contribution in [3.63, 3.8) is 0 Å². The molecule has 2 N–H and O–H groups in total. The Balaban J connectivity index is 1.24. The monoisotopic (exact) mass is 398 g/mol. The minimum Gasteiger partial charge on any atom is -0.492 e. The predicted molar refractivity (Wildman–Crippen MR) is 110 cm³/mol. The number of carbonyl (C=O) groups is 1. The van der Waals surface area contributed by atoms with E-state index in [9.17, 15) is 4.79 Å². The second-order valence-corrected chi connectivity index (χ2v) is 7.28. The van der Waals surface area contributed by atoms with Crippen LogP contribution in [0.15, 0.2) is 42.5 Å². The van der Waals surface area contributed by atoms with Gasteiger partial charge >= 0.3 is 0 Å². The molecule has 154 valence electrons. The van der Waals surface area contributed by atoms with E-state index in [2.05, 4.69) is 16.3 Å². The van der Waals surface area contributed by atoms with E-state index in [-0.39, 0.29) is 12.7 Å². The van der Waals surface area contributed by atoms with Crippen molar-refractivity contribution in [3.05, 3.63) is 48.0 Å². The summed E-state index contributed by atoms with van der Waals surface area (Å²) in [5.41, 5.74) is 2.15. The third-order valence-corrected chi connectivity index (χ3v) is 5.31. The molecule has 29 heavy (non-hydrogen) atoms. The number of amides is 1. The first kappa shape index (κ1) is 19.4. The molecular formula is C22H28N3O4+. The van der Waals surface area contributed by atoms with E-state index < -0.39 is 0 Å². The average Bonchev–Trinajstić information content (AvgIpc) is 3.21. The molecule has 0 unspecified atom stereocenters. The molecule has 7 nitrogen and oxygen atoms in total. The van der Waals surface area contributed by atoms with E-state index >= 15 is 0 Å². The van der Waals surface area contributed by atoms with E-state index in [4.69, 9.17) is 14.2 Å². The SMILES string of the molecule is CCOc1ccccc1N1CC[NH+](CC(=O)NCc2ccc3c(c2)OCO3)CC1. The van der Waals surface area contributed by atoms with Crippen molar-refractivity contribution in [2.24, 2.45) is 0 Å². The summed E-state index contributed by atoms with van der Waals surface area (Å²) in [5.74, 6) is 2.50. The number of benzene rings is 2. The highest BCUT2D eigenvalue weighted by atomic mass is 16.7. The van der Waals surface area contributed by atoms with Crippen LogP contribution in [0.2, 0.25) is 0 Å². The molecule has 7 heteroatoms. The number of nitrogens with zero attached hydrogens (tertiary/aromatic N) is 1. The van der Waals surface area contributed by atoms with Crippen molar-refractivity contribution in [2.45, 2.75) is 13.5 Å². The third-order valence-electron chi connectivity index (χ3n) is 5.31. The van der Waals surface area contributed by atoms with Gasteiger partial charge in [0.1, 0.15) is 5.75 Å². The lowest BCUT2D eigenvalue weighted by Crippen LogP contribution is -3.15. The highest BCUT2D eigenvalue weighted by molar-refractivity contribution is 5.76. The van der Waals surface area contributed by atoms with Gasteiger partial charge in [-0.2, -0.15) is 0 Å². The normalized spacial score (nSPS) is 16.0. The summed E-state index contributed by atoms with van der Waals surface area (Å²) in [6.45, 7) is 7.59. The van der Waals surface area contributed by atoms with Crippen LogP contribution in [0.3, 0.4) is 0 Å². The molecule has 0 aromatic heterocycles. The molecule has 0 radical (unpaired) electrons. The Kier molecular flexibility index (Phi) is 6.05. The molecule has 2 aliphatic rings. The van der Waals surface area contributed by atoms with Crippen LogP contribution in [0.4, 0.5) is 5.69 Å². The van der Waals surface area contributed by atoms with Gasteiger partial charge in [-0.3, -0.25) is 4.79 Å². The molecule has 1 amide bonds. The molecule has 2 aromatic carbocycles. The zero-order valence-corrected chi connectivity index (χ0v) is 16.8. The second kappa shape index (κ2) is 9.05. The molecule has 2 aliphatic heterocycles. The summed E-state index contributed by atoms with van der Waals surface area (Å²) in [5, 5.41) is 3.02. The molecule has 0 spiro atoms. The van der Waals surface area contributed by atoms with Crippen LogP contribution in [0, 0.1) is 0 Å². The summed E-state index contributed by atoms with van der Waals surface area (Å²) in [6, 6.07) is 13.9. The molecule has 1 fully saturated rings. The molecule has 2 heterocycles. The smallest absolute Gasteiger partial charge is 0.275 e. The number of nitrogens with one attached hydrogen (secondary N) is 2. The van der Waals surface area contributed by atoms with Crippen LogP contribution in [0.25, 0.3) is 0 Å². The number of para-hydroxylation sites is 2. The van der Waals surface area contributed by atoms with Gasteiger partial charge in [0.2, 0.25) is 6.79 Å². The minimum absolute atomic E-state index is 0.0702. The lowest BCUT2D eigenvalue weighted by molar-refractivity contribution is -0.892. The van der Waals surface area contributed by atoms with Gasteiger partial charge in [0.05, 0.1) is 38.5 Å². The maximum atomic E-state index is 12.4. The number of carbonyl (C=O) groups excluding carboxylic acids is 1. The number of fused-ring (bicyclic) bond motifs is 1. The molecule has 0 aliphatic carbocycles. The Hall–Kier alpha value is -2.93. The zero-order chi connectivity index (χ0) is 20.1. The molecule has 4 rings (SSSR count). The van der Waals surface area contributed by atoms with E-state index in [0.29, 0.717) is 19.7 Å². The van der Waals surface area contributed by atoms with Gasteiger partial charge in [-0.1, -0.05) is 18.2 Å². The number of rotatable bonds is 7. The Labute approximate surface area is 171 Å². The maximum absolute atomic E-state index is 12.4. The van der Waals surface area contributed by atoms with Gasteiger partial charge in [-0.25, -0.2) is 0 Å². The fourth-order valence-electron chi connectivity index (χ4n) is 3.78. The Morgan fingerprint density at radius 3 is 2.76 bits per heavy atom. The topological polar surface area (TPSA) is 64.5 Å². The highest BCUT2D eigenvalue weighted by Crippen LogP contribution is 2.32. The summed E-state index contributed by atoms with van der Waals surface area (Å²) >= 11 is 0. The van der Waals surface area contributed by atoms with Gasteiger partial charge in [0.25, 0.3) is 5.91 Å². The first-order chi connectivity index (χ1) is 14.2. The van der Waals surface area contributed by atoms with Crippen LogP contribution in [0.1, 0.15) is 12.5 Å². The highest BCUT2D eigenvalue weighted by Gasteiger charge is 2.24. The van der Waals surface area contributed by atoms with Crippen LogP contribution in [-0.2, 0) is 11.3 Å². The molecule has 0 atom stereocenters. The number of hydrogen-bond acceptors (Lipinski definition) is 5. The van der Waals surface area contributed by atoms with Gasteiger partial charge in [-0.15, -0.1) is 0 Å². The van der Waals surface area contributed by atoms with E-state index in [0.717, 1.165) is 54.7 Å². The van der Waals surface area contributed by atoms with E-state index in [1.807, 2.05) is 43.3 Å². The Morgan fingerprint density at radius 1 is 1.14 bits per heavy atom. The average molecular weight is 398 g/mol. The van der Waals surface area contributed by atoms with Gasteiger partial charge in [0, 0.05) is 6.54 Å². The van der Waals surface area contributed by atoms with Gasteiger partial charge in [0.15, 0.2) is 18.0 Å². The third kappa shape index (κ3) is 4.74. The van der Waals surface area contributed by atoms with Crippen LogP contribution in [0.5, 0.6) is 17.2 Å². The van der Waals surface area contributed by atoms with Crippen molar-refractivity contribution in [1.29, 1.82) is 0 Å².